The summed E-state index contributed by atoms with van der Waals surface area (Å²) in [6, 6.07) is 7.76. The molecule has 0 saturated heterocycles. The summed E-state index contributed by atoms with van der Waals surface area (Å²) in [6.07, 6.45) is 3.04. The van der Waals surface area contributed by atoms with Crippen LogP contribution in [0, 0.1) is 11.3 Å². The Morgan fingerprint density at radius 1 is 1.52 bits per heavy atom. The molecule has 1 aromatic rings. The molecule has 0 heterocycles. The maximum absolute atomic E-state index is 10.7. The van der Waals surface area contributed by atoms with Gasteiger partial charge in [0.15, 0.2) is 0 Å². The Hall–Kier alpha value is -1.84. The molecule has 0 aliphatic rings. The fourth-order valence-corrected chi connectivity index (χ4v) is 2.23. The van der Waals surface area contributed by atoms with E-state index in [4.69, 9.17) is 15.1 Å². The summed E-state index contributed by atoms with van der Waals surface area (Å²) >= 11 is 3.38. The minimum absolute atomic E-state index is 0.391. The summed E-state index contributed by atoms with van der Waals surface area (Å²) in [5.74, 6) is -0.999. The van der Waals surface area contributed by atoms with Gasteiger partial charge in [-0.2, -0.15) is 5.26 Å². The molecule has 1 rings (SSSR count). The van der Waals surface area contributed by atoms with Crippen LogP contribution in [0.25, 0.3) is 6.08 Å². The monoisotopic (exact) mass is 352 g/mol. The minimum atomic E-state index is -0.999. The molecule has 1 N–H and O–H groups in total. The quantitative estimate of drug-likeness (QED) is 0.728. The molecular weight excluding hydrogens is 336 g/mol. The Morgan fingerprint density at radius 3 is 2.90 bits per heavy atom. The van der Waals surface area contributed by atoms with Gasteiger partial charge in [-0.3, -0.25) is 0 Å². The van der Waals surface area contributed by atoms with E-state index in [0.717, 1.165) is 21.8 Å². The summed E-state index contributed by atoms with van der Waals surface area (Å²) in [6.45, 7) is 1.73. The molecule has 1 aromatic carbocycles. The predicted octanol–water partition coefficient (Wildman–Crippen LogP) is 2.91. The first kappa shape index (κ1) is 17.2. The summed E-state index contributed by atoms with van der Waals surface area (Å²) < 4.78 is 5.95. The van der Waals surface area contributed by atoms with E-state index in [2.05, 4.69) is 22.0 Å². The molecule has 0 aromatic heterocycles. The van der Waals surface area contributed by atoms with Crippen molar-refractivity contribution in [2.24, 2.45) is 0 Å². The molecule has 0 bridgehead atoms. The first-order valence-corrected chi connectivity index (χ1v) is 7.19. The standard InChI is InChI=1S/C15H17BrN2O3/c1-21-10-9-18(8-2-7-17)14-5-4-13(16)11-12(14)3-6-15(19)20/h3-6,11H,2,8-10H2,1H3,(H,19,20)/b6-3+. The SMILES string of the molecule is COCCN(CCC#N)c1ccc(Br)cc1/C=C/C(=O)O. The third-order valence-corrected chi connectivity index (χ3v) is 3.29. The van der Waals surface area contributed by atoms with Crippen molar-refractivity contribution in [3.8, 4) is 6.07 Å². The van der Waals surface area contributed by atoms with E-state index in [1.165, 1.54) is 0 Å². The lowest BCUT2D eigenvalue weighted by Crippen LogP contribution is -2.28. The highest BCUT2D eigenvalue weighted by molar-refractivity contribution is 9.10. The topological polar surface area (TPSA) is 73.6 Å². The summed E-state index contributed by atoms with van der Waals surface area (Å²) in [5.41, 5.74) is 1.66. The number of hydrogen-bond donors (Lipinski definition) is 1. The van der Waals surface area contributed by atoms with Crippen LogP contribution in [0.5, 0.6) is 0 Å². The van der Waals surface area contributed by atoms with E-state index in [1.807, 2.05) is 23.1 Å². The number of nitrogens with zero attached hydrogens (tertiary/aromatic N) is 2. The van der Waals surface area contributed by atoms with Gasteiger partial charge in [0, 0.05) is 36.4 Å². The molecule has 21 heavy (non-hydrogen) atoms. The third-order valence-electron chi connectivity index (χ3n) is 2.79. The number of ether oxygens (including phenoxy) is 1. The smallest absolute Gasteiger partial charge is 0.328 e. The highest BCUT2D eigenvalue weighted by atomic mass is 79.9. The number of nitriles is 1. The van der Waals surface area contributed by atoms with Crippen LogP contribution >= 0.6 is 15.9 Å². The van der Waals surface area contributed by atoms with Gasteiger partial charge >= 0.3 is 5.97 Å². The lowest BCUT2D eigenvalue weighted by molar-refractivity contribution is -0.131. The molecule has 0 saturated carbocycles. The average molecular weight is 353 g/mol. The van der Waals surface area contributed by atoms with Crippen molar-refractivity contribution in [2.75, 3.05) is 31.7 Å². The van der Waals surface area contributed by atoms with Crippen molar-refractivity contribution in [3.05, 3.63) is 34.3 Å². The second-order valence-corrected chi connectivity index (χ2v) is 5.18. The summed E-state index contributed by atoms with van der Waals surface area (Å²) in [5, 5.41) is 17.6. The van der Waals surface area contributed by atoms with E-state index < -0.39 is 5.97 Å². The number of methoxy groups -OCH3 is 1. The number of hydrogen-bond acceptors (Lipinski definition) is 4. The number of halogens is 1. The predicted molar refractivity (Wildman–Crippen MR) is 85.1 cm³/mol. The van der Waals surface area contributed by atoms with Crippen molar-refractivity contribution >= 4 is 33.7 Å². The van der Waals surface area contributed by atoms with Gasteiger partial charge < -0.3 is 14.7 Å². The lowest BCUT2D eigenvalue weighted by Gasteiger charge is -2.25. The Bertz CT molecular complexity index is 552. The number of carboxylic acids is 1. The van der Waals surface area contributed by atoms with Crippen molar-refractivity contribution in [3.63, 3.8) is 0 Å². The summed E-state index contributed by atoms with van der Waals surface area (Å²) in [4.78, 5) is 12.7. The minimum Gasteiger partial charge on any atom is -0.478 e. The molecule has 112 valence electrons. The zero-order valence-corrected chi connectivity index (χ0v) is 13.3. The molecule has 0 aliphatic carbocycles. The van der Waals surface area contributed by atoms with E-state index in [1.54, 1.807) is 13.2 Å². The molecular formula is C15H17BrN2O3. The van der Waals surface area contributed by atoms with Gasteiger partial charge in [0.05, 0.1) is 19.1 Å². The van der Waals surface area contributed by atoms with Crippen LogP contribution in [-0.4, -0.2) is 37.9 Å². The largest absolute Gasteiger partial charge is 0.478 e. The van der Waals surface area contributed by atoms with E-state index in [0.29, 0.717) is 26.1 Å². The van der Waals surface area contributed by atoms with Crippen LogP contribution in [0.1, 0.15) is 12.0 Å². The second-order valence-electron chi connectivity index (χ2n) is 4.26. The first-order valence-electron chi connectivity index (χ1n) is 6.40. The number of carboxylic acid groups (broad SMARTS) is 1. The molecule has 0 unspecified atom stereocenters. The van der Waals surface area contributed by atoms with E-state index in [-0.39, 0.29) is 0 Å². The maximum atomic E-state index is 10.7. The maximum Gasteiger partial charge on any atom is 0.328 e. The van der Waals surface area contributed by atoms with Gasteiger partial charge in [-0.15, -0.1) is 0 Å². The molecule has 6 heteroatoms. The summed E-state index contributed by atoms with van der Waals surface area (Å²) in [7, 11) is 1.62. The van der Waals surface area contributed by atoms with Crippen molar-refractivity contribution in [2.45, 2.75) is 6.42 Å². The Balaban J connectivity index is 3.09. The van der Waals surface area contributed by atoms with E-state index >= 15 is 0 Å². The fraction of sp³-hybridized carbons (Fsp3) is 0.333. The van der Waals surface area contributed by atoms with Crippen LogP contribution < -0.4 is 4.90 Å². The third kappa shape index (κ3) is 5.98. The van der Waals surface area contributed by atoms with Gasteiger partial charge in [-0.05, 0) is 29.8 Å². The van der Waals surface area contributed by atoms with Gasteiger partial charge in [0.2, 0.25) is 0 Å². The molecule has 0 fully saturated rings. The normalized spacial score (nSPS) is 10.5. The zero-order chi connectivity index (χ0) is 15.7. The van der Waals surface area contributed by atoms with E-state index in [9.17, 15) is 4.79 Å². The van der Waals surface area contributed by atoms with Gasteiger partial charge in [-0.1, -0.05) is 15.9 Å². The molecule has 5 nitrogen and oxygen atoms in total. The van der Waals surface area contributed by atoms with Crippen molar-refractivity contribution < 1.29 is 14.6 Å². The lowest BCUT2D eigenvalue weighted by atomic mass is 10.1. The van der Waals surface area contributed by atoms with Gasteiger partial charge in [0.25, 0.3) is 0 Å². The molecule has 0 radical (unpaired) electrons. The first-order chi connectivity index (χ1) is 10.1. The van der Waals surface area contributed by atoms with Crippen molar-refractivity contribution in [1.29, 1.82) is 5.26 Å². The molecule has 0 atom stereocenters. The number of benzene rings is 1. The number of aliphatic carboxylic acids is 1. The average Bonchev–Trinajstić information content (AvgIpc) is 2.46. The van der Waals surface area contributed by atoms with Crippen LogP contribution in [-0.2, 0) is 9.53 Å². The molecule has 0 spiro atoms. The number of anilines is 1. The molecule has 0 aliphatic heterocycles. The van der Waals surface area contributed by atoms with Crippen LogP contribution in [0.2, 0.25) is 0 Å². The number of carbonyl (C=O) groups is 1. The van der Waals surface area contributed by atoms with Gasteiger partial charge in [0.1, 0.15) is 0 Å². The van der Waals surface area contributed by atoms with Crippen LogP contribution in [0.15, 0.2) is 28.7 Å². The van der Waals surface area contributed by atoms with Crippen LogP contribution in [0.3, 0.4) is 0 Å². The van der Waals surface area contributed by atoms with Crippen LogP contribution in [0.4, 0.5) is 5.69 Å². The molecule has 0 amide bonds. The Kier molecular flexibility index (Phi) is 7.51. The van der Waals surface area contributed by atoms with Gasteiger partial charge in [-0.25, -0.2) is 4.79 Å². The fourth-order valence-electron chi connectivity index (χ4n) is 1.85. The second kappa shape index (κ2) is 9.16. The Morgan fingerprint density at radius 2 is 2.29 bits per heavy atom. The highest BCUT2D eigenvalue weighted by Gasteiger charge is 2.10. The Labute approximate surface area is 132 Å². The highest BCUT2D eigenvalue weighted by Crippen LogP contribution is 2.26. The zero-order valence-electron chi connectivity index (χ0n) is 11.8. The van der Waals surface area contributed by atoms with Crippen molar-refractivity contribution in [1.82, 2.24) is 0 Å². The number of rotatable bonds is 8.